The second-order valence-corrected chi connectivity index (χ2v) is 6.80. The third-order valence-corrected chi connectivity index (χ3v) is 4.36. The second kappa shape index (κ2) is 8.61. The molecule has 0 atom stereocenters. The van der Waals surface area contributed by atoms with Crippen LogP contribution in [0.2, 0.25) is 5.02 Å². The minimum atomic E-state index is -0.198. The molecule has 9 heteroatoms. The van der Waals surface area contributed by atoms with E-state index in [0.29, 0.717) is 27.4 Å². The van der Waals surface area contributed by atoms with Gasteiger partial charge in [0.2, 0.25) is 5.91 Å². The number of nitrogen functional groups attached to an aromatic ring is 2. The Bertz CT molecular complexity index is 915. The largest absolute Gasteiger partial charge is 0.457 e. The maximum Gasteiger partial charge on any atom is 0.234 e. The summed E-state index contributed by atoms with van der Waals surface area (Å²) in [5.41, 5.74) is 11.9. The van der Waals surface area contributed by atoms with E-state index in [1.54, 1.807) is 48.5 Å². The molecule has 27 heavy (non-hydrogen) atoms. The highest BCUT2D eigenvalue weighted by Crippen LogP contribution is 2.24. The molecule has 1 aromatic heterocycles. The van der Waals surface area contributed by atoms with Crippen LogP contribution in [0.3, 0.4) is 0 Å². The van der Waals surface area contributed by atoms with E-state index < -0.39 is 0 Å². The van der Waals surface area contributed by atoms with Crippen molar-refractivity contribution in [2.75, 3.05) is 22.5 Å². The van der Waals surface area contributed by atoms with E-state index in [0.717, 1.165) is 11.8 Å². The first-order valence-electron chi connectivity index (χ1n) is 7.84. The topological polar surface area (TPSA) is 116 Å². The molecular weight excluding hydrogens is 386 g/mol. The smallest absolute Gasteiger partial charge is 0.234 e. The van der Waals surface area contributed by atoms with Crippen LogP contribution < -0.4 is 21.5 Å². The van der Waals surface area contributed by atoms with E-state index >= 15 is 0 Å². The highest BCUT2D eigenvalue weighted by atomic mass is 35.5. The molecule has 0 unspecified atom stereocenters. The number of carbonyl (C=O) groups is 1. The minimum Gasteiger partial charge on any atom is -0.457 e. The van der Waals surface area contributed by atoms with Crippen molar-refractivity contribution in [3.8, 4) is 11.5 Å². The van der Waals surface area contributed by atoms with Gasteiger partial charge in [-0.1, -0.05) is 23.4 Å². The first kappa shape index (κ1) is 18.8. The molecule has 0 bridgehead atoms. The summed E-state index contributed by atoms with van der Waals surface area (Å²) < 4.78 is 5.71. The number of nitrogens with zero attached hydrogens (tertiary/aromatic N) is 2. The minimum absolute atomic E-state index is 0.131. The van der Waals surface area contributed by atoms with Gasteiger partial charge in [0, 0.05) is 16.8 Å². The third kappa shape index (κ3) is 5.77. The lowest BCUT2D eigenvalue weighted by molar-refractivity contribution is -0.113. The van der Waals surface area contributed by atoms with Gasteiger partial charge in [-0.05, 0) is 48.5 Å². The Morgan fingerprint density at radius 2 is 1.56 bits per heavy atom. The van der Waals surface area contributed by atoms with Crippen LogP contribution in [0.25, 0.3) is 0 Å². The lowest BCUT2D eigenvalue weighted by Crippen LogP contribution is -2.14. The van der Waals surface area contributed by atoms with Gasteiger partial charge in [-0.2, -0.15) is 0 Å². The van der Waals surface area contributed by atoms with Crippen molar-refractivity contribution in [2.45, 2.75) is 5.16 Å². The Morgan fingerprint density at radius 3 is 2.15 bits per heavy atom. The molecular formula is C18H16ClN5O2S. The van der Waals surface area contributed by atoms with Crippen molar-refractivity contribution < 1.29 is 9.53 Å². The summed E-state index contributed by atoms with van der Waals surface area (Å²) in [4.78, 5) is 20.1. The number of thioether (sulfide) groups is 1. The maximum absolute atomic E-state index is 12.1. The van der Waals surface area contributed by atoms with E-state index in [-0.39, 0.29) is 23.3 Å². The predicted octanol–water partition coefficient (Wildman–Crippen LogP) is 3.82. The lowest BCUT2D eigenvalue weighted by Gasteiger charge is -2.08. The van der Waals surface area contributed by atoms with E-state index in [1.807, 2.05) is 0 Å². The molecule has 138 valence electrons. The summed E-state index contributed by atoms with van der Waals surface area (Å²) in [5, 5.41) is 3.79. The molecule has 2 aromatic carbocycles. The number of carbonyl (C=O) groups excluding carboxylic acids is 1. The van der Waals surface area contributed by atoms with E-state index in [1.165, 1.54) is 6.07 Å². The molecule has 0 aliphatic heterocycles. The van der Waals surface area contributed by atoms with Crippen LogP contribution in [-0.2, 0) is 4.79 Å². The van der Waals surface area contributed by atoms with Gasteiger partial charge in [-0.15, -0.1) is 0 Å². The number of hydrogen-bond donors (Lipinski definition) is 3. The molecule has 0 aliphatic rings. The molecule has 3 aromatic rings. The Labute approximate surface area is 165 Å². The van der Waals surface area contributed by atoms with Gasteiger partial charge in [0.25, 0.3) is 0 Å². The molecule has 0 aliphatic carbocycles. The van der Waals surface area contributed by atoms with Crippen LogP contribution in [-0.4, -0.2) is 21.6 Å². The fourth-order valence-corrected chi connectivity index (χ4v) is 2.90. The van der Waals surface area contributed by atoms with Crippen LogP contribution in [0.5, 0.6) is 11.5 Å². The van der Waals surface area contributed by atoms with E-state index in [9.17, 15) is 4.79 Å². The van der Waals surface area contributed by atoms with Crippen LogP contribution in [0.4, 0.5) is 17.3 Å². The zero-order valence-electron chi connectivity index (χ0n) is 14.1. The number of halogens is 1. The molecule has 0 saturated carbocycles. The van der Waals surface area contributed by atoms with Crippen molar-refractivity contribution in [3.05, 3.63) is 59.6 Å². The fourth-order valence-electron chi connectivity index (χ4n) is 2.10. The molecule has 0 radical (unpaired) electrons. The van der Waals surface area contributed by atoms with Crippen molar-refractivity contribution in [1.29, 1.82) is 0 Å². The Balaban J connectivity index is 1.52. The van der Waals surface area contributed by atoms with Crippen LogP contribution in [0.1, 0.15) is 0 Å². The zero-order chi connectivity index (χ0) is 19.2. The van der Waals surface area contributed by atoms with Gasteiger partial charge in [0.1, 0.15) is 23.1 Å². The van der Waals surface area contributed by atoms with E-state index in [2.05, 4.69) is 15.3 Å². The number of rotatable bonds is 6. The first-order chi connectivity index (χ1) is 13.0. The standard InChI is InChI=1S/C18H16ClN5O2S/c19-11-1-5-13(6-2-11)26-14-7-3-12(4-8-14)22-17(25)10-27-18-23-15(20)9-16(21)24-18/h1-9H,10H2,(H,22,25)(H4,20,21,23,24). The number of nitrogens with one attached hydrogen (secondary N) is 1. The maximum atomic E-state index is 12.1. The number of ether oxygens (including phenoxy) is 1. The number of nitrogens with two attached hydrogens (primary N) is 2. The molecule has 0 fully saturated rings. The first-order valence-corrected chi connectivity index (χ1v) is 9.20. The van der Waals surface area contributed by atoms with Crippen LogP contribution in [0, 0.1) is 0 Å². The molecule has 0 spiro atoms. The lowest BCUT2D eigenvalue weighted by atomic mass is 10.3. The highest BCUT2D eigenvalue weighted by Gasteiger charge is 2.07. The van der Waals surface area contributed by atoms with Crippen LogP contribution >= 0.6 is 23.4 Å². The zero-order valence-corrected chi connectivity index (χ0v) is 15.6. The van der Waals surface area contributed by atoms with Crippen LogP contribution in [0.15, 0.2) is 59.8 Å². The fraction of sp³-hybridized carbons (Fsp3) is 0.0556. The van der Waals surface area contributed by atoms with E-state index in [4.69, 9.17) is 27.8 Å². The average molecular weight is 402 g/mol. The summed E-state index contributed by atoms with van der Waals surface area (Å²) in [6.45, 7) is 0. The Kier molecular flexibility index (Phi) is 6.00. The summed E-state index contributed by atoms with van der Waals surface area (Å²) in [7, 11) is 0. The number of benzene rings is 2. The van der Waals surface area contributed by atoms with Crippen molar-refractivity contribution in [2.24, 2.45) is 0 Å². The Morgan fingerprint density at radius 1 is 1.00 bits per heavy atom. The summed E-state index contributed by atoms with van der Waals surface area (Å²) in [6.07, 6.45) is 0. The average Bonchev–Trinajstić information content (AvgIpc) is 2.63. The molecule has 1 amide bonds. The Hall–Kier alpha value is -2.97. The van der Waals surface area contributed by atoms with Crippen molar-refractivity contribution in [1.82, 2.24) is 9.97 Å². The normalized spacial score (nSPS) is 10.4. The summed E-state index contributed by atoms with van der Waals surface area (Å²) in [6, 6.07) is 15.5. The van der Waals surface area contributed by atoms with Crippen molar-refractivity contribution in [3.63, 3.8) is 0 Å². The molecule has 3 rings (SSSR count). The molecule has 0 saturated heterocycles. The van der Waals surface area contributed by atoms with Gasteiger partial charge in [0.15, 0.2) is 5.16 Å². The number of anilines is 3. The predicted molar refractivity (Wildman–Crippen MR) is 108 cm³/mol. The van der Waals surface area contributed by atoms with Gasteiger partial charge in [-0.3, -0.25) is 4.79 Å². The number of aromatic nitrogens is 2. The molecule has 5 N–H and O–H groups in total. The quantitative estimate of drug-likeness (QED) is 0.424. The molecule has 7 nitrogen and oxygen atoms in total. The summed E-state index contributed by atoms with van der Waals surface area (Å²) >= 11 is 7.00. The van der Waals surface area contributed by atoms with Crippen molar-refractivity contribution >= 4 is 46.6 Å². The highest BCUT2D eigenvalue weighted by molar-refractivity contribution is 7.99. The van der Waals surface area contributed by atoms with Gasteiger partial charge >= 0.3 is 0 Å². The SMILES string of the molecule is Nc1cc(N)nc(SCC(=O)Nc2ccc(Oc3ccc(Cl)cc3)cc2)n1. The van der Waals surface area contributed by atoms with Gasteiger partial charge < -0.3 is 21.5 Å². The molecule has 1 heterocycles. The third-order valence-electron chi connectivity index (χ3n) is 3.27. The van der Waals surface area contributed by atoms with Gasteiger partial charge in [-0.25, -0.2) is 9.97 Å². The monoisotopic (exact) mass is 401 g/mol. The second-order valence-electron chi connectivity index (χ2n) is 5.42. The summed E-state index contributed by atoms with van der Waals surface area (Å²) in [5.74, 6) is 1.79. The number of amides is 1. The van der Waals surface area contributed by atoms with Gasteiger partial charge in [0.05, 0.1) is 5.75 Å². The number of hydrogen-bond acceptors (Lipinski definition) is 7.